The molecule has 4 heteroatoms. The van der Waals surface area contributed by atoms with Gasteiger partial charge in [0.2, 0.25) is 0 Å². The van der Waals surface area contributed by atoms with Crippen LogP contribution in [0.25, 0.3) is 10.9 Å². The van der Waals surface area contributed by atoms with Gasteiger partial charge in [0.1, 0.15) is 0 Å². The third-order valence-electron chi connectivity index (χ3n) is 2.34. The van der Waals surface area contributed by atoms with Crippen molar-refractivity contribution < 1.29 is 0 Å². The number of hydrazine groups is 1. The zero-order valence-electron chi connectivity index (χ0n) is 8.74. The number of nitrogens with two attached hydrogens (primary N) is 1. The van der Waals surface area contributed by atoms with Crippen LogP contribution in [0, 0.1) is 13.8 Å². The maximum absolute atomic E-state index is 5.44. The Morgan fingerprint density at radius 1 is 1.27 bits per heavy atom. The second kappa shape index (κ2) is 4.47. The molecule has 0 aliphatic carbocycles. The summed E-state index contributed by atoms with van der Waals surface area (Å²) < 4.78 is 0. The number of anilines is 1. The molecule has 2 aromatic rings. The van der Waals surface area contributed by atoms with Crippen LogP contribution in [0.2, 0.25) is 0 Å². The second-order valence-corrected chi connectivity index (χ2v) is 3.48. The molecular weight excluding hydrogens is 210 g/mol. The van der Waals surface area contributed by atoms with Gasteiger partial charge in [0.25, 0.3) is 0 Å². The second-order valence-electron chi connectivity index (χ2n) is 3.48. The Hall–Kier alpha value is -1.32. The van der Waals surface area contributed by atoms with Gasteiger partial charge < -0.3 is 5.43 Å². The van der Waals surface area contributed by atoms with Gasteiger partial charge in [-0.15, -0.1) is 12.4 Å². The molecule has 1 aromatic heterocycles. The Kier molecular flexibility index (Phi) is 3.50. The molecule has 0 saturated carbocycles. The molecule has 0 fully saturated rings. The summed E-state index contributed by atoms with van der Waals surface area (Å²) in [5.74, 6) is 5.44. The van der Waals surface area contributed by atoms with Gasteiger partial charge in [-0.3, -0.25) is 10.8 Å². The quantitative estimate of drug-likeness (QED) is 0.577. The number of benzene rings is 1. The highest BCUT2D eigenvalue weighted by molar-refractivity contribution is 5.93. The SMILES string of the molecule is Cc1cc(C)c2nccc(NN)c2c1.Cl. The van der Waals surface area contributed by atoms with E-state index in [1.165, 1.54) is 11.1 Å². The molecule has 0 aliphatic heterocycles. The molecule has 0 radical (unpaired) electrons. The van der Waals surface area contributed by atoms with Gasteiger partial charge in [-0.05, 0) is 31.5 Å². The van der Waals surface area contributed by atoms with E-state index in [0.717, 1.165) is 16.6 Å². The van der Waals surface area contributed by atoms with E-state index in [0.29, 0.717) is 0 Å². The molecule has 0 aliphatic rings. The average Bonchev–Trinajstić information content (AvgIpc) is 2.17. The van der Waals surface area contributed by atoms with Crippen LogP contribution < -0.4 is 11.3 Å². The van der Waals surface area contributed by atoms with Crippen LogP contribution in [-0.4, -0.2) is 4.98 Å². The molecule has 0 atom stereocenters. The van der Waals surface area contributed by atoms with Gasteiger partial charge in [0.05, 0.1) is 11.2 Å². The number of fused-ring (bicyclic) bond motifs is 1. The summed E-state index contributed by atoms with van der Waals surface area (Å²) in [6.45, 7) is 4.13. The number of nitrogens with zero attached hydrogens (tertiary/aromatic N) is 1. The molecule has 3 nitrogen and oxygen atoms in total. The summed E-state index contributed by atoms with van der Waals surface area (Å²) in [6.07, 6.45) is 1.76. The lowest BCUT2D eigenvalue weighted by Gasteiger charge is -2.07. The van der Waals surface area contributed by atoms with Gasteiger partial charge in [0.15, 0.2) is 0 Å². The first-order valence-corrected chi connectivity index (χ1v) is 4.55. The highest BCUT2D eigenvalue weighted by Gasteiger charge is 2.03. The van der Waals surface area contributed by atoms with Gasteiger partial charge >= 0.3 is 0 Å². The van der Waals surface area contributed by atoms with Crippen LogP contribution in [0.15, 0.2) is 24.4 Å². The number of aromatic nitrogens is 1. The molecule has 15 heavy (non-hydrogen) atoms. The van der Waals surface area contributed by atoms with Crippen molar-refractivity contribution in [2.24, 2.45) is 5.84 Å². The van der Waals surface area contributed by atoms with Crippen molar-refractivity contribution >= 4 is 29.0 Å². The first-order valence-electron chi connectivity index (χ1n) is 4.55. The Labute approximate surface area is 95.1 Å². The molecule has 0 bridgehead atoms. The summed E-state index contributed by atoms with van der Waals surface area (Å²) in [4.78, 5) is 4.33. The van der Waals surface area contributed by atoms with Crippen LogP contribution >= 0.6 is 12.4 Å². The number of aryl methyl sites for hydroxylation is 2. The Morgan fingerprint density at radius 2 is 2.00 bits per heavy atom. The van der Waals surface area contributed by atoms with E-state index in [4.69, 9.17) is 5.84 Å². The maximum atomic E-state index is 5.44. The lowest BCUT2D eigenvalue weighted by atomic mass is 10.1. The molecule has 0 saturated heterocycles. The minimum Gasteiger partial charge on any atom is -0.323 e. The fraction of sp³-hybridized carbons (Fsp3) is 0.182. The molecule has 3 N–H and O–H groups in total. The fourth-order valence-corrected chi connectivity index (χ4v) is 1.74. The molecular formula is C11H14ClN3. The van der Waals surface area contributed by atoms with Crippen molar-refractivity contribution in [3.05, 3.63) is 35.5 Å². The molecule has 1 aromatic carbocycles. The standard InChI is InChI=1S/C11H13N3.ClH/c1-7-5-8(2)11-9(6-7)10(14-12)3-4-13-11;/h3-6H,12H2,1-2H3,(H,13,14);1H. The van der Waals surface area contributed by atoms with Crippen molar-refractivity contribution in [2.45, 2.75) is 13.8 Å². The molecule has 1 heterocycles. The van der Waals surface area contributed by atoms with E-state index in [9.17, 15) is 0 Å². The van der Waals surface area contributed by atoms with Gasteiger partial charge in [0, 0.05) is 11.6 Å². The van der Waals surface area contributed by atoms with Crippen molar-refractivity contribution in [3.63, 3.8) is 0 Å². The maximum Gasteiger partial charge on any atom is 0.0752 e. The molecule has 0 unspecified atom stereocenters. The molecule has 2 rings (SSSR count). The zero-order valence-corrected chi connectivity index (χ0v) is 9.56. The van der Waals surface area contributed by atoms with Crippen LogP contribution in [0.4, 0.5) is 5.69 Å². The highest BCUT2D eigenvalue weighted by atomic mass is 35.5. The van der Waals surface area contributed by atoms with Crippen LogP contribution in [0.3, 0.4) is 0 Å². The molecule has 0 amide bonds. The highest BCUT2D eigenvalue weighted by Crippen LogP contribution is 2.24. The Bertz CT molecular complexity index is 482. The van der Waals surface area contributed by atoms with Crippen molar-refractivity contribution in [1.29, 1.82) is 0 Å². The number of nitrogen functional groups attached to an aromatic ring is 1. The number of hydrogen-bond acceptors (Lipinski definition) is 3. The van der Waals surface area contributed by atoms with Gasteiger partial charge in [-0.1, -0.05) is 11.6 Å². The molecule has 0 spiro atoms. The van der Waals surface area contributed by atoms with Crippen LogP contribution in [-0.2, 0) is 0 Å². The Balaban J connectivity index is 0.00000112. The summed E-state index contributed by atoms with van der Waals surface area (Å²) in [5.41, 5.74) is 7.01. The van der Waals surface area contributed by atoms with E-state index in [1.807, 2.05) is 6.07 Å². The van der Waals surface area contributed by atoms with E-state index in [2.05, 4.69) is 36.4 Å². The van der Waals surface area contributed by atoms with Crippen molar-refractivity contribution in [1.82, 2.24) is 4.98 Å². The topological polar surface area (TPSA) is 50.9 Å². The minimum absolute atomic E-state index is 0. The third kappa shape index (κ3) is 2.03. The minimum atomic E-state index is 0. The predicted octanol–water partition coefficient (Wildman–Crippen LogP) is 2.56. The number of hydrogen-bond donors (Lipinski definition) is 2. The zero-order chi connectivity index (χ0) is 10.1. The monoisotopic (exact) mass is 223 g/mol. The first-order chi connectivity index (χ1) is 6.72. The number of halogens is 1. The summed E-state index contributed by atoms with van der Waals surface area (Å²) >= 11 is 0. The summed E-state index contributed by atoms with van der Waals surface area (Å²) in [7, 11) is 0. The Morgan fingerprint density at radius 3 is 2.67 bits per heavy atom. The number of rotatable bonds is 1. The van der Waals surface area contributed by atoms with E-state index in [1.54, 1.807) is 6.20 Å². The van der Waals surface area contributed by atoms with E-state index >= 15 is 0 Å². The van der Waals surface area contributed by atoms with E-state index < -0.39 is 0 Å². The molecule has 80 valence electrons. The lowest BCUT2D eigenvalue weighted by Crippen LogP contribution is -2.07. The largest absolute Gasteiger partial charge is 0.323 e. The normalized spacial score (nSPS) is 9.80. The third-order valence-corrected chi connectivity index (χ3v) is 2.34. The first kappa shape index (κ1) is 11.8. The summed E-state index contributed by atoms with van der Waals surface area (Å²) in [6, 6.07) is 6.08. The van der Waals surface area contributed by atoms with E-state index in [-0.39, 0.29) is 12.4 Å². The number of pyridine rings is 1. The lowest BCUT2D eigenvalue weighted by molar-refractivity contribution is 1.31. The average molecular weight is 224 g/mol. The summed E-state index contributed by atoms with van der Waals surface area (Å²) in [5, 5.41) is 1.08. The smallest absolute Gasteiger partial charge is 0.0752 e. The van der Waals surface area contributed by atoms with Gasteiger partial charge in [-0.25, -0.2) is 0 Å². The van der Waals surface area contributed by atoms with Crippen molar-refractivity contribution in [3.8, 4) is 0 Å². The van der Waals surface area contributed by atoms with Crippen molar-refractivity contribution in [2.75, 3.05) is 5.43 Å². The predicted molar refractivity (Wildman–Crippen MR) is 66.3 cm³/mol. The fourth-order valence-electron chi connectivity index (χ4n) is 1.74. The van der Waals surface area contributed by atoms with Crippen LogP contribution in [0.5, 0.6) is 0 Å². The number of nitrogens with one attached hydrogen (secondary N) is 1. The van der Waals surface area contributed by atoms with Crippen LogP contribution in [0.1, 0.15) is 11.1 Å². The van der Waals surface area contributed by atoms with Gasteiger partial charge in [-0.2, -0.15) is 0 Å².